The SMILES string of the molecule is CCCNC(=O)[C@@H](C)Sc1nc2ccccc2c(=O)n1C1CC1. The summed E-state index contributed by atoms with van der Waals surface area (Å²) < 4.78 is 1.77. The van der Waals surface area contributed by atoms with E-state index in [4.69, 9.17) is 0 Å². The standard InChI is InChI=1S/C17H21N3O2S/c1-3-10-18-15(21)11(2)23-17-19-14-7-5-4-6-13(14)16(22)20(17)12-8-9-12/h4-7,11-12H,3,8-10H2,1-2H3,(H,18,21)/t11-/m1/s1. The molecule has 1 aromatic heterocycles. The van der Waals surface area contributed by atoms with Crippen LogP contribution in [-0.2, 0) is 4.79 Å². The van der Waals surface area contributed by atoms with E-state index in [0.29, 0.717) is 22.6 Å². The summed E-state index contributed by atoms with van der Waals surface area (Å²) in [6.45, 7) is 4.55. The summed E-state index contributed by atoms with van der Waals surface area (Å²) in [6, 6.07) is 7.63. The van der Waals surface area contributed by atoms with Crippen LogP contribution in [0.1, 0.15) is 39.2 Å². The molecule has 3 rings (SSSR count). The Morgan fingerprint density at radius 1 is 1.43 bits per heavy atom. The Balaban J connectivity index is 1.95. The number of rotatable bonds is 6. The van der Waals surface area contributed by atoms with E-state index in [1.54, 1.807) is 4.57 Å². The topological polar surface area (TPSA) is 64.0 Å². The zero-order chi connectivity index (χ0) is 16.4. The lowest BCUT2D eigenvalue weighted by molar-refractivity contribution is -0.120. The lowest BCUT2D eigenvalue weighted by Gasteiger charge is -2.15. The van der Waals surface area contributed by atoms with Crippen LogP contribution in [-0.4, -0.2) is 27.3 Å². The van der Waals surface area contributed by atoms with Gasteiger partial charge in [0.1, 0.15) is 0 Å². The molecule has 6 heteroatoms. The van der Waals surface area contributed by atoms with Gasteiger partial charge in [-0.1, -0.05) is 30.8 Å². The van der Waals surface area contributed by atoms with Gasteiger partial charge in [0.05, 0.1) is 16.2 Å². The van der Waals surface area contributed by atoms with Crippen molar-refractivity contribution in [2.75, 3.05) is 6.54 Å². The number of aromatic nitrogens is 2. The molecule has 1 saturated carbocycles. The number of benzene rings is 1. The van der Waals surface area contributed by atoms with Gasteiger partial charge in [-0.2, -0.15) is 0 Å². The number of amides is 1. The molecule has 0 radical (unpaired) electrons. The van der Waals surface area contributed by atoms with Crippen LogP contribution in [0.3, 0.4) is 0 Å². The highest BCUT2D eigenvalue weighted by Crippen LogP contribution is 2.37. The first-order chi connectivity index (χ1) is 11.1. The molecule has 23 heavy (non-hydrogen) atoms. The van der Waals surface area contributed by atoms with Crippen LogP contribution in [0.25, 0.3) is 10.9 Å². The summed E-state index contributed by atoms with van der Waals surface area (Å²) in [6.07, 6.45) is 2.91. The molecule has 1 fully saturated rings. The van der Waals surface area contributed by atoms with Crippen LogP contribution >= 0.6 is 11.8 Å². The number of carbonyl (C=O) groups excluding carboxylic acids is 1. The Morgan fingerprint density at radius 3 is 2.87 bits per heavy atom. The van der Waals surface area contributed by atoms with Crippen LogP contribution in [0.5, 0.6) is 0 Å². The zero-order valence-electron chi connectivity index (χ0n) is 13.4. The third-order valence-corrected chi connectivity index (χ3v) is 4.95. The monoisotopic (exact) mass is 331 g/mol. The fraction of sp³-hybridized carbons (Fsp3) is 0.471. The Kier molecular flexibility index (Phi) is 4.71. The fourth-order valence-electron chi connectivity index (χ4n) is 2.47. The van der Waals surface area contributed by atoms with Crippen molar-refractivity contribution in [2.45, 2.75) is 49.6 Å². The third kappa shape index (κ3) is 3.42. The number of hydrogen-bond acceptors (Lipinski definition) is 4. The van der Waals surface area contributed by atoms with Crippen molar-refractivity contribution >= 4 is 28.6 Å². The molecule has 122 valence electrons. The highest BCUT2D eigenvalue weighted by molar-refractivity contribution is 8.00. The Labute approximate surface area is 139 Å². The average molecular weight is 331 g/mol. The minimum absolute atomic E-state index is 0.00164. The molecular formula is C17H21N3O2S. The second-order valence-corrected chi connectivity index (χ2v) is 7.18. The van der Waals surface area contributed by atoms with E-state index < -0.39 is 0 Å². The van der Waals surface area contributed by atoms with Gasteiger partial charge in [-0.05, 0) is 38.3 Å². The van der Waals surface area contributed by atoms with E-state index in [0.717, 1.165) is 19.3 Å². The Bertz CT molecular complexity index is 783. The highest BCUT2D eigenvalue weighted by Gasteiger charge is 2.29. The average Bonchev–Trinajstić information content (AvgIpc) is 3.37. The maximum Gasteiger partial charge on any atom is 0.262 e. The second kappa shape index (κ2) is 6.74. The molecule has 0 unspecified atom stereocenters. The Hall–Kier alpha value is -1.82. The molecule has 0 bridgehead atoms. The fourth-order valence-corrected chi connectivity index (χ4v) is 3.47. The quantitative estimate of drug-likeness (QED) is 0.653. The van der Waals surface area contributed by atoms with Gasteiger partial charge in [0, 0.05) is 12.6 Å². The molecule has 0 saturated heterocycles. The van der Waals surface area contributed by atoms with Gasteiger partial charge in [-0.3, -0.25) is 14.2 Å². The van der Waals surface area contributed by atoms with E-state index in [9.17, 15) is 9.59 Å². The van der Waals surface area contributed by atoms with E-state index >= 15 is 0 Å². The molecule has 1 atom stereocenters. The predicted molar refractivity (Wildman–Crippen MR) is 92.9 cm³/mol. The first kappa shape index (κ1) is 16.1. The van der Waals surface area contributed by atoms with Gasteiger partial charge in [0.2, 0.25) is 5.91 Å². The Morgan fingerprint density at radius 2 is 2.17 bits per heavy atom. The van der Waals surface area contributed by atoms with Crippen molar-refractivity contribution in [2.24, 2.45) is 0 Å². The smallest absolute Gasteiger partial charge is 0.262 e. The van der Waals surface area contributed by atoms with Crippen molar-refractivity contribution in [3.8, 4) is 0 Å². The largest absolute Gasteiger partial charge is 0.355 e. The molecule has 5 nitrogen and oxygen atoms in total. The minimum atomic E-state index is -0.278. The number of carbonyl (C=O) groups is 1. The van der Waals surface area contributed by atoms with E-state index in [1.807, 2.05) is 38.1 Å². The predicted octanol–water partition coefficient (Wildman–Crippen LogP) is 2.74. The van der Waals surface area contributed by atoms with Crippen LogP contribution < -0.4 is 10.9 Å². The molecule has 2 aromatic rings. The van der Waals surface area contributed by atoms with Gasteiger partial charge in [-0.15, -0.1) is 0 Å². The lowest BCUT2D eigenvalue weighted by atomic mass is 10.2. The number of hydrogen-bond donors (Lipinski definition) is 1. The molecule has 1 N–H and O–H groups in total. The molecule has 0 spiro atoms. The van der Waals surface area contributed by atoms with Gasteiger partial charge in [0.25, 0.3) is 5.56 Å². The number of para-hydroxylation sites is 1. The van der Waals surface area contributed by atoms with E-state index in [1.165, 1.54) is 11.8 Å². The minimum Gasteiger partial charge on any atom is -0.355 e. The summed E-state index contributed by atoms with van der Waals surface area (Å²) >= 11 is 1.37. The normalized spacial score (nSPS) is 15.6. The third-order valence-electron chi connectivity index (χ3n) is 3.89. The van der Waals surface area contributed by atoms with E-state index in [2.05, 4.69) is 10.3 Å². The van der Waals surface area contributed by atoms with Gasteiger partial charge < -0.3 is 5.32 Å². The maximum atomic E-state index is 12.8. The van der Waals surface area contributed by atoms with Crippen molar-refractivity contribution in [1.29, 1.82) is 0 Å². The van der Waals surface area contributed by atoms with Gasteiger partial charge in [0.15, 0.2) is 5.16 Å². The molecule has 0 aliphatic heterocycles. The van der Waals surface area contributed by atoms with Crippen LogP contribution in [0.4, 0.5) is 0 Å². The van der Waals surface area contributed by atoms with E-state index in [-0.39, 0.29) is 22.8 Å². The molecule has 1 amide bonds. The number of nitrogens with one attached hydrogen (secondary N) is 1. The van der Waals surface area contributed by atoms with Crippen molar-refractivity contribution in [3.05, 3.63) is 34.6 Å². The van der Waals surface area contributed by atoms with Crippen LogP contribution in [0.15, 0.2) is 34.2 Å². The van der Waals surface area contributed by atoms with Gasteiger partial charge in [-0.25, -0.2) is 4.98 Å². The zero-order valence-corrected chi connectivity index (χ0v) is 14.2. The first-order valence-electron chi connectivity index (χ1n) is 8.07. The second-order valence-electron chi connectivity index (χ2n) is 5.87. The van der Waals surface area contributed by atoms with Gasteiger partial charge >= 0.3 is 0 Å². The van der Waals surface area contributed by atoms with Crippen LogP contribution in [0, 0.1) is 0 Å². The number of thioether (sulfide) groups is 1. The van der Waals surface area contributed by atoms with Crippen molar-refractivity contribution < 1.29 is 4.79 Å². The summed E-state index contributed by atoms with van der Waals surface area (Å²) in [5.41, 5.74) is 0.694. The van der Waals surface area contributed by atoms with Crippen molar-refractivity contribution in [1.82, 2.24) is 14.9 Å². The molecule has 1 aliphatic rings. The molecule has 1 aliphatic carbocycles. The number of nitrogens with zero attached hydrogens (tertiary/aromatic N) is 2. The molecule has 1 heterocycles. The first-order valence-corrected chi connectivity index (χ1v) is 8.95. The summed E-state index contributed by atoms with van der Waals surface area (Å²) in [7, 11) is 0. The number of fused-ring (bicyclic) bond motifs is 1. The molecular weight excluding hydrogens is 310 g/mol. The van der Waals surface area contributed by atoms with Crippen molar-refractivity contribution in [3.63, 3.8) is 0 Å². The van der Waals surface area contributed by atoms with Crippen LogP contribution in [0.2, 0.25) is 0 Å². The maximum absolute atomic E-state index is 12.8. The highest BCUT2D eigenvalue weighted by atomic mass is 32.2. The summed E-state index contributed by atoms with van der Waals surface area (Å²) in [5.74, 6) is -0.0124. The molecule has 1 aromatic carbocycles. The summed E-state index contributed by atoms with van der Waals surface area (Å²) in [4.78, 5) is 29.5. The summed E-state index contributed by atoms with van der Waals surface area (Å²) in [5, 5.41) is 3.91. The lowest BCUT2D eigenvalue weighted by Crippen LogP contribution is -2.32.